The molecule has 3 aromatic rings. The Balaban J connectivity index is 1.60. The van der Waals surface area contributed by atoms with Crippen molar-refractivity contribution in [3.63, 3.8) is 0 Å². The van der Waals surface area contributed by atoms with Crippen LogP contribution in [0.3, 0.4) is 0 Å². The number of likely N-dealkylation sites (tertiary alicyclic amines) is 1. The van der Waals surface area contributed by atoms with E-state index in [-0.39, 0.29) is 17.7 Å². The zero-order valence-electron chi connectivity index (χ0n) is 18.3. The highest BCUT2D eigenvalue weighted by Gasteiger charge is 2.33. The standard InChI is InChI=1S/C23H30N6O2/c1-15-7-8-20-17(11-15)12-19(23(30)24-20)21(28-9-3-5-16(2)13-28)22-25-26-27-29(22)14-18-6-4-10-31-18/h7-8,11-12,16,18,21H,3-6,9-10,13-14H2,1-2H3,(H,24,30)/t16-,18-,21-/m0/s1. The lowest BCUT2D eigenvalue weighted by atomic mass is 9.95. The average molecular weight is 423 g/mol. The van der Waals surface area contributed by atoms with Gasteiger partial charge in [-0.3, -0.25) is 9.69 Å². The van der Waals surface area contributed by atoms with Gasteiger partial charge in [-0.25, -0.2) is 4.68 Å². The highest BCUT2D eigenvalue weighted by molar-refractivity contribution is 5.79. The van der Waals surface area contributed by atoms with Crippen molar-refractivity contribution in [2.24, 2.45) is 5.92 Å². The molecule has 31 heavy (non-hydrogen) atoms. The van der Waals surface area contributed by atoms with Gasteiger partial charge in [0, 0.05) is 24.2 Å². The number of piperidine rings is 1. The molecule has 0 radical (unpaired) electrons. The van der Waals surface area contributed by atoms with Crippen LogP contribution in [0.1, 0.15) is 55.6 Å². The second-order valence-corrected chi connectivity index (χ2v) is 9.14. The number of aromatic nitrogens is 5. The Morgan fingerprint density at radius 3 is 2.97 bits per heavy atom. The molecule has 1 aromatic carbocycles. The Kier molecular flexibility index (Phi) is 5.58. The number of tetrazole rings is 1. The second kappa shape index (κ2) is 8.51. The third-order valence-electron chi connectivity index (χ3n) is 6.58. The Labute approximate surface area is 181 Å². The van der Waals surface area contributed by atoms with E-state index in [0.29, 0.717) is 18.0 Å². The Hall–Kier alpha value is -2.58. The number of nitrogens with one attached hydrogen (secondary N) is 1. The summed E-state index contributed by atoms with van der Waals surface area (Å²) in [5.41, 5.74) is 2.64. The zero-order valence-corrected chi connectivity index (χ0v) is 18.3. The highest BCUT2D eigenvalue weighted by atomic mass is 16.5. The van der Waals surface area contributed by atoms with Crippen LogP contribution in [-0.2, 0) is 11.3 Å². The van der Waals surface area contributed by atoms with E-state index in [1.54, 1.807) is 0 Å². The van der Waals surface area contributed by atoms with E-state index in [0.717, 1.165) is 61.2 Å². The van der Waals surface area contributed by atoms with Gasteiger partial charge in [0.25, 0.3) is 5.56 Å². The number of hydrogen-bond acceptors (Lipinski definition) is 6. The molecule has 8 heteroatoms. The molecule has 0 amide bonds. The van der Waals surface area contributed by atoms with Gasteiger partial charge in [-0.2, -0.15) is 0 Å². The van der Waals surface area contributed by atoms with Crippen molar-refractivity contribution in [1.82, 2.24) is 30.1 Å². The first-order valence-electron chi connectivity index (χ1n) is 11.3. The smallest absolute Gasteiger partial charge is 0.253 e. The topological polar surface area (TPSA) is 88.9 Å². The molecule has 0 bridgehead atoms. The number of hydrogen-bond donors (Lipinski definition) is 1. The normalized spacial score (nSPS) is 23.4. The first-order chi connectivity index (χ1) is 15.1. The maximum atomic E-state index is 13.3. The number of rotatable bonds is 5. The largest absolute Gasteiger partial charge is 0.376 e. The molecule has 2 fully saturated rings. The average Bonchev–Trinajstić information content (AvgIpc) is 3.42. The van der Waals surface area contributed by atoms with Crippen LogP contribution in [0.5, 0.6) is 0 Å². The third kappa shape index (κ3) is 4.14. The molecule has 3 atom stereocenters. The number of H-pyrrole nitrogens is 1. The molecule has 2 aliphatic heterocycles. The Morgan fingerprint density at radius 2 is 2.16 bits per heavy atom. The summed E-state index contributed by atoms with van der Waals surface area (Å²) in [6.07, 6.45) is 4.52. The van der Waals surface area contributed by atoms with Crippen LogP contribution in [-0.4, -0.2) is 55.9 Å². The van der Waals surface area contributed by atoms with Gasteiger partial charge in [-0.05, 0) is 79.1 Å². The summed E-state index contributed by atoms with van der Waals surface area (Å²) in [7, 11) is 0. The molecule has 1 N–H and O–H groups in total. The fourth-order valence-electron chi connectivity index (χ4n) is 5.02. The van der Waals surface area contributed by atoms with Crippen LogP contribution < -0.4 is 5.56 Å². The van der Waals surface area contributed by atoms with Crippen LogP contribution in [0.15, 0.2) is 29.1 Å². The van der Waals surface area contributed by atoms with Gasteiger partial charge in [0.1, 0.15) is 6.04 Å². The maximum Gasteiger partial charge on any atom is 0.253 e. The molecule has 0 saturated carbocycles. The quantitative estimate of drug-likeness (QED) is 0.680. The van der Waals surface area contributed by atoms with Crippen LogP contribution in [0, 0.1) is 12.8 Å². The first-order valence-corrected chi connectivity index (χ1v) is 11.3. The monoisotopic (exact) mass is 422 g/mol. The summed E-state index contributed by atoms with van der Waals surface area (Å²) < 4.78 is 7.67. The molecular weight excluding hydrogens is 392 g/mol. The molecule has 0 unspecified atom stereocenters. The van der Waals surface area contributed by atoms with Crippen molar-refractivity contribution < 1.29 is 4.74 Å². The van der Waals surface area contributed by atoms with Gasteiger partial charge in [0.2, 0.25) is 0 Å². The van der Waals surface area contributed by atoms with Crippen molar-refractivity contribution >= 4 is 10.9 Å². The molecule has 164 valence electrons. The fraction of sp³-hybridized carbons (Fsp3) is 0.565. The molecule has 0 aliphatic carbocycles. The molecule has 4 heterocycles. The second-order valence-electron chi connectivity index (χ2n) is 9.14. The summed E-state index contributed by atoms with van der Waals surface area (Å²) in [6, 6.07) is 7.84. The highest BCUT2D eigenvalue weighted by Crippen LogP contribution is 2.31. The fourth-order valence-corrected chi connectivity index (χ4v) is 5.02. The van der Waals surface area contributed by atoms with Crippen LogP contribution in [0.2, 0.25) is 0 Å². The summed E-state index contributed by atoms with van der Waals surface area (Å²) in [5.74, 6) is 1.29. The SMILES string of the molecule is Cc1ccc2[nH]c(=O)c([C@@H](c3nnnn3C[C@@H]3CCCO3)N3CCC[C@H](C)C3)cc2c1. The number of nitrogens with zero attached hydrogens (tertiary/aromatic N) is 5. The zero-order chi connectivity index (χ0) is 21.4. The lowest BCUT2D eigenvalue weighted by Crippen LogP contribution is -2.41. The van der Waals surface area contributed by atoms with Crippen molar-refractivity contribution in [3.8, 4) is 0 Å². The van der Waals surface area contributed by atoms with Gasteiger partial charge < -0.3 is 9.72 Å². The minimum Gasteiger partial charge on any atom is -0.376 e. The minimum atomic E-state index is -0.284. The van der Waals surface area contributed by atoms with E-state index in [9.17, 15) is 4.79 Å². The summed E-state index contributed by atoms with van der Waals surface area (Å²) in [6.45, 7) is 7.59. The number of ether oxygens (including phenoxy) is 1. The minimum absolute atomic E-state index is 0.0776. The molecule has 5 rings (SSSR count). The van der Waals surface area contributed by atoms with Crippen molar-refractivity contribution in [3.05, 3.63) is 51.6 Å². The predicted octanol–water partition coefficient (Wildman–Crippen LogP) is 2.82. The van der Waals surface area contributed by atoms with Gasteiger partial charge in [-0.1, -0.05) is 18.6 Å². The predicted molar refractivity (Wildman–Crippen MR) is 118 cm³/mol. The number of pyridine rings is 1. The molecule has 2 aliphatic rings. The van der Waals surface area contributed by atoms with Crippen molar-refractivity contribution in [1.29, 1.82) is 0 Å². The van der Waals surface area contributed by atoms with E-state index in [1.165, 1.54) is 6.42 Å². The number of aryl methyl sites for hydroxylation is 1. The lowest BCUT2D eigenvalue weighted by Gasteiger charge is -2.36. The maximum absolute atomic E-state index is 13.3. The lowest BCUT2D eigenvalue weighted by molar-refractivity contribution is 0.0889. The van der Waals surface area contributed by atoms with Gasteiger partial charge in [0.15, 0.2) is 5.82 Å². The Bertz CT molecular complexity index is 1120. The van der Waals surface area contributed by atoms with Crippen molar-refractivity contribution in [2.75, 3.05) is 19.7 Å². The van der Waals surface area contributed by atoms with Gasteiger partial charge in [0.05, 0.1) is 12.6 Å². The Morgan fingerprint density at radius 1 is 1.26 bits per heavy atom. The first kappa shape index (κ1) is 20.3. The van der Waals surface area contributed by atoms with E-state index < -0.39 is 0 Å². The molecular formula is C23H30N6O2. The van der Waals surface area contributed by atoms with E-state index in [2.05, 4.69) is 45.3 Å². The molecule has 8 nitrogen and oxygen atoms in total. The number of aromatic amines is 1. The van der Waals surface area contributed by atoms with Crippen LogP contribution in [0.25, 0.3) is 10.9 Å². The van der Waals surface area contributed by atoms with Gasteiger partial charge in [-0.15, -0.1) is 5.10 Å². The summed E-state index contributed by atoms with van der Waals surface area (Å²) in [5, 5.41) is 13.7. The summed E-state index contributed by atoms with van der Waals surface area (Å²) >= 11 is 0. The van der Waals surface area contributed by atoms with Gasteiger partial charge >= 0.3 is 0 Å². The van der Waals surface area contributed by atoms with Crippen molar-refractivity contribution in [2.45, 2.75) is 58.2 Å². The molecule has 2 aromatic heterocycles. The third-order valence-corrected chi connectivity index (χ3v) is 6.58. The van der Waals surface area contributed by atoms with E-state index in [1.807, 2.05) is 22.9 Å². The molecule has 2 saturated heterocycles. The van der Waals surface area contributed by atoms with E-state index in [4.69, 9.17) is 4.74 Å². The number of fused-ring (bicyclic) bond motifs is 1. The number of benzene rings is 1. The van der Waals surface area contributed by atoms with E-state index >= 15 is 0 Å². The summed E-state index contributed by atoms with van der Waals surface area (Å²) in [4.78, 5) is 18.7. The molecule has 0 spiro atoms. The van der Waals surface area contributed by atoms with Crippen LogP contribution >= 0.6 is 0 Å². The van der Waals surface area contributed by atoms with Crippen LogP contribution in [0.4, 0.5) is 0 Å².